The van der Waals surface area contributed by atoms with Crippen molar-refractivity contribution < 1.29 is 5.11 Å². The van der Waals surface area contributed by atoms with Crippen molar-refractivity contribution in [2.24, 2.45) is 7.05 Å². The first kappa shape index (κ1) is 10.6. The Labute approximate surface area is 89.5 Å². The third-order valence-corrected chi connectivity index (χ3v) is 2.90. The summed E-state index contributed by atoms with van der Waals surface area (Å²) in [5, 5.41) is 17.2. The highest BCUT2D eigenvalue weighted by Crippen LogP contribution is 2.18. The van der Waals surface area contributed by atoms with Crippen LogP contribution in [0.15, 0.2) is 6.33 Å². The number of nitrogens with one attached hydrogen (secondary N) is 1. The zero-order chi connectivity index (χ0) is 10.7. The van der Waals surface area contributed by atoms with Gasteiger partial charge in [-0.15, -0.1) is 0 Å². The van der Waals surface area contributed by atoms with Crippen LogP contribution in [0.25, 0.3) is 0 Å². The number of aromatic nitrogens is 3. The molecule has 1 aliphatic rings. The number of nitrogens with zero attached hydrogens (tertiary/aromatic N) is 3. The highest BCUT2D eigenvalue weighted by Gasteiger charge is 2.22. The molecule has 0 spiro atoms. The molecule has 1 heterocycles. The average molecular weight is 210 g/mol. The summed E-state index contributed by atoms with van der Waals surface area (Å²) in [6.45, 7) is 0.641. The monoisotopic (exact) mass is 210 g/mol. The molecule has 0 aliphatic heterocycles. The van der Waals surface area contributed by atoms with E-state index in [0.29, 0.717) is 6.54 Å². The van der Waals surface area contributed by atoms with Crippen LogP contribution in [0.4, 0.5) is 0 Å². The predicted octanol–water partition coefficient (Wildman–Crippen LogP) is 0.208. The SMILES string of the molecule is Cn1cnc(CN[C@H]2CCCC[C@@H]2O)n1. The molecule has 15 heavy (non-hydrogen) atoms. The minimum Gasteiger partial charge on any atom is -0.392 e. The minimum absolute atomic E-state index is 0.206. The minimum atomic E-state index is -0.206. The summed E-state index contributed by atoms with van der Waals surface area (Å²) in [5.41, 5.74) is 0. The van der Waals surface area contributed by atoms with Gasteiger partial charge < -0.3 is 10.4 Å². The molecule has 1 aliphatic carbocycles. The Balaban J connectivity index is 1.81. The second-order valence-corrected chi connectivity index (χ2v) is 4.17. The van der Waals surface area contributed by atoms with Crippen LogP contribution in [0.3, 0.4) is 0 Å². The van der Waals surface area contributed by atoms with Crippen LogP contribution in [0.1, 0.15) is 31.5 Å². The van der Waals surface area contributed by atoms with Gasteiger partial charge in [-0.1, -0.05) is 12.8 Å². The van der Waals surface area contributed by atoms with Crippen LogP contribution >= 0.6 is 0 Å². The van der Waals surface area contributed by atoms with Crippen LogP contribution in [0.5, 0.6) is 0 Å². The van der Waals surface area contributed by atoms with E-state index in [0.717, 1.165) is 25.1 Å². The molecule has 1 aromatic heterocycles. The molecule has 5 nitrogen and oxygen atoms in total. The zero-order valence-corrected chi connectivity index (χ0v) is 9.06. The van der Waals surface area contributed by atoms with E-state index in [4.69, 9.17) is 0 Å². The third kappa shape index (κ3) is 2.76. The number of aryl methyl sites for hydroxylation is 1. The molecule has 2 N–H and O–H groups in total. The van der Waals surface area contributed by atoms with E-state index in [1.807, 2.05) is 7.05 Å². The molecule has 2 atom stereocenters. The highest BCUT2D eigenvalue weighted by atomic mass is 16.3. The Morgan fingerprint density at radius 1 is 1.53 bits per heavy atom. The van der Waals surface area contributed by atoms with E-state index in [1.54, 1.807) is 11.0 Å². The first-order chi connectivity index (χ1) is 7.25. The average Bonchev–Trinajstić information content (AvgIpc) is 2.63. The maximum atomic E-state index is 9.74. The van der Waals surface area contributed by atoms with Crippen molar-refractivity contribution in [1.82, 2.24) is 20.1 Å². The normalized spacial score (nSPS) is 26.8. The topological polar surface area (TPSA) is 63.0 Å². The van der Waals surface area contributed by atoms with Crippen LogP contribution in [0.2, 0.25) is 0 Å². The molecule has 5 heteroatoms. The second-order valence-electron chi connectivity index (χ2n) is 4.17. The molecule has 0 saturated heterocycles. The Kier molecular flexibility index (Phi) is 3.33. The molecule has 0 unspecified atom stereocenters. The molecule has 1 aromatic rings. The fourth-order valence-electron chi connectivity index (χ4n) is 2.04. The van der Waals surface area contributed by atoms with Gasteiger partial charge >= 0.3 is 0 Å². The molecular formula is C10H18N4O. The summed E-state index contributed by atoms with van der Waals surface area (Å²) >= 11 is 0. The van der Waals surface area contributed by atoms with Crippen molar-refractivity contribution in [1.29, 1.82) is 0 Å². The summed E-state index contributed by atoms with van der Waals surface area (Å²) in [6.07, 6.45) is 5.78. The number of aliphatic hydroxyl groups excluding tert-OH is 1. The van der Waals surface area contributed by atoms with Gasteiger partial charge in [0.15, 0.2) is 5.82 Å². The van der Waals surface area contributed by atoms with Gasteiger partial charge in [0.1, 0.15) is 6.33 Å². The second kappa shape index (κ2) is 4.72. The predicted molar refractivity (Wildman–Crippen MR) is 56.1 cm³/mol. The Morgan fingerprint density at radius 3 is 3.00 bits per heavy atom. The van der Waals surface area contributed by atoms with Gasteiger partial charge in [-0.3, -0.25) is 4.68 Å². The van der Waals surface area contributed by atoms with Crippen LogP contribution in [-0.2, 0) is 13.6 Å². The van der Waals surface area contributed by atoms with Crippen LogP contribution < -0.4 is 5.32 Å². The first-order valence-electron chi connectivity index (χ1n) is 5.51. The van der Waals surface area contributed by atoms with Crippen LogP contribution in [0, 0.1) is 0 Å². The third-order valence-electron chi connectivity index (χ3n) is 2.90. The lowest BCUT2D eigenvalue weighted by Crippen LogP contribution is -2.41. The molecule has 1 fully saturated rings. The van der Waals surface area contributed by atoms with Crippen LogP contribution in [-0.4, -0.2) is 32.0 Å². The quantitative estimate of drug-likeness (QED) is 0.748. The summed E-state index contributed by atoms with van der Waals surface area (Å²) in [7, 11) is 1.85. The largest absolute Gasteiger partial charge is 0.392 e. The maximum absolute atomic E-state index is 9.74. The summed E-state index contributed by atoms with van der Waals surface area (Å²) in [4.78, 5) is 4.13. The van der Waals surface area contributed by atoms with Crippen molar-refractivity contribution >= 4 is 0 Å². The van der Waals surface area contributed by atoms with Crippen molar-refractivity contribution in [2.75, 3.05) is 0 Å². The smallest absolute Gasteiger partial charge is 0.164 e. The molecular weight excluding hydrogens is 192 g/mol. The van der Waals surface area contributed by atoms with Crippen molar-refractivity contribution in [3.05, 3.63) is 12.2 Å². The van der Waals surface area contributed by atoms with E-state index in [2.05, 4.69) is 15.4 Å². The van der Waals surface area contributed by atoms with Gasteiger partial charge in [-0.05, 0) is 12.8 Å². The zero-order valence-electron chi connectivity index (χ0n) is 9.06. The van der Waals surface area contributed by atoms with Gasteiger partial charge in [-0.25, -0.2) is 4.98 Å². The lowest BCUT2D eigenvalue weighted by atomic mass is 9.93. The molecule has 2 rings (SSSR count). The van der Waals surface area contributed by atoms with Gasteiger partial charge in [0.2, 0.25) is 0 Å². The first-order valence-corrected chi connectivity index (χ1v) is 5.51. The fourth-order valence-corrected chi connectivity index (χ4v) is 2.04. The van der Waals surface area contributed by atoms with Crippen molar-refractivity contribution in [3.63, 3.8) is 0 Å². The summed E-state index contributed by atoms with van der Waals surface area (Å²) in [6, 6.07) is 0.211. The molecule has 1 saturated carbocycles. The van der Waals surface area contributed by atoms with E-state index >= 15 is 0 Å². The van der Waals surface area contributed by atoms with Crippen molar-refractivity contribution in [3.8, 4) is 0 Å². The molecule has 0 radical (unpaired) electrons. The van der Waals surface area contributed by atoms with E-state index in [9.17, 15) is 5.11 Å². The Bertz CT molecular complexity index is 312. The fraction of sp³-hybridized carbons (Fsp3) is 0.800. The summed E-state index contributed by atoms with van der Waals surface area (Å²) < 4.78 is 1.69. The van der Waals surface area contributed by atoms with Gasteiger partial charge in [-0.2, -0.15) is 5.10 Å². The van der Waals surface area contributed by atoms with E-state index in [1.165, 1.54) is 6.42 Å². The number of aliphatic hydroxyl groups is 1. The Hall–Kier alpha value is -0.940. The molecule has 0 amide bonds. The lowest BCUT2D eigenvalue weighted by molar-refractivity contribution is 0.0899. The molecule has 0 aromatic carbocycles. The summed E-state index contributed by atoms with van der Waals surface area (Å²) in [5.74, 6) is 0.787. The Morgan fingerprint density at radius 2 is 2.33 bits per heavy atom. The number of hydrogen-bond donors (Lipinski definition) is 2. The van der Waals surface area contributed by atoms with Gasteiger partial charge in [0, 0.05) is 13.1 Å². The molecule has 84 valence electrons. The number of rotatable bonds is 3. The van der Waals surface area contributed by atoms with Gasteiger partial charge in [0.25, 0.3) is 0 Å². The van der Waals surface area contributed by atoms with Crippen molar-refractivity contribution in [2.45, 2.75) is 44.4 Å². The lowest BCUT2D eigenvalue weighted by Gasteiger charge is -2.27. The highest BCUT2D eigenvalue weighted by molar-refractivity contribution is 4.85. The molecule has 0 bridgehead atoms. The van der Waals surface area contributed by atoms with E-state index in [-0.39, 0.29) is 12.1 Å². The number of hydrogen-bond acceptors (Lipinski definition) is 4. The van der Waals surface area contributed by atoms with E-state index < -0.39 is 0 Å². The standard InChI is InChI=1S/C10H18N4O/c1-14-7-12-10(13-14)6-11-8-4-2-3-5-9(8)15/h7-9,11,15H,2-6H2,1H3/t8-,9-/m0/s1. The van der Waals surface area contributed by atoms with Gasteiger partial charge in [0.05, 0.1) is 12.6 Å². The maximum Gasteiger partial charge on any atom is 0.164 e.